The number of carbonyl (C=O) groups excluding carboxylic acids is 3. The molecule has 0 spiro atoms. The monoisotopic (exact) mass is 1050 g/mol. The van der Waals surface area contributed by atoms with Gasteiger partial charge in [-0.05, 0) is 103 Å². The second-order valence-corrected chi connectivity index (χ2v) is 22.0. The zero-order valence-electron chi connectivity index (χ0n) is 50.1. The van der Waals surface area contributed by atoms with Crippen molar-refractivity contribution in [2.24, 2.45) is 0 Å². The standard InChI is InChI=1S/C69H124O6/c1-4-7-10-13-16-19-22-25-28-30-32-33-34-35-36-37-38-40-41-44-47-50-53-56-59-62-68(71)74-65-66(64-73-67(70)61-58-55-52-49-46-43-27-24-21-18-15-12-9-6-3)75-69(72)63-60-57-54-51-48-45-42-39-31-29-26-23-20-17-14-11-8-5-2/h15,18,22,24-25,27,29-32,66H,4-14,16-17,19-21,23,26,28,33-65H2,1-3H3/b18-15-,25-22-,27-24-,31-29-,32-30-. The molecule has 0 aromatic heterocycles. The van der Waals surface area contributed by atoms with Gasteiger partial charge in [-0.25, -0.2) is 0 Å². The Morgan fingerprint density at radius 2 is 0.493 bits per heavy atom. The van der Waals surface area contributed by atoms with Gasteiger partial charge in [0.2, 0.25) is 0 Å². The Kier molecular flexibility index (Phi) is 61.2. The summed E-state index contributed by atoms with van der Waals surface area (Å²) in [6.45, 7) is 6.62. The number of allylic oxidation sites excluding steroid dienone is 10. The highest BCUT2D eigenvalue weighted by atomic mass is 16.6. The summed E-state index contributed by atoms with van der Waals surface area (Å²) in [5, 5.41) is 0. The minimum atomic E-state index is -0.783. The smallest absolute Gasteiger partial charge is 0.306 e. The van der Waals surface area contributed by atoms with E-state index >= 15 is 0 Å². The summed E-state index contributed by atoms with van der Waals surface area (Å²) in [5.74, 6) is -0.881. The Morgan fingerprint density at radius 3 is 0.787 bits per heavy atom. The molecule has 6 nitrogen and oxygen atoms in total. The van der Waals surface area contributed by atoms with Crippen molar-refractivity contribution in [3.63, 3.8) is 0 Å². The molecule has 0 heterocycles. The first-order valence-corrected chi connectivity index (χ1v) is 32.8. The van der Waals surface area contributed by atoms with Crippen LogP contribution >= 0.6 is 0 Å². The number of hydrogen-bond acceptors (Lipinski definition) is 6. The van der Waals surface area contributed by atoms with Crippen molar-refractivity contribution >= 4 is 17.9 Å². The van der Waals surface area contributed by atoms with Gasteiger partial charge < -0.3 is 14.2 Å². The van der Waals surface area contributed by atoms with Gasteiger partial charge in [0.1, 0.15) is 13.2 Å². The third-order valence-corrected chi connectivity index (χ3v) is 14.5. The number of hydrogen-bond donors (Lipinski definition) is 0. The average Bonchev–Trinajstić information content (AvgIpc) is 3.41. The van der Waals surface area contributed by atoms with E-state index in [9.17, 15) is 14.4 Å². The van der Waals surface area contributed by atoms with Crippen LogP contribution in [0.5, 0.6) is 0 Å². The molecule has 1 unspecified atom stereocenters. The first-order chi connectivity index (χ1) is 37.0. The molecular formula is C69H124O6. The van der Waals surface area contributed by atoms with E-state index in [1.165, 1.54) is 218 Å². The van der Waals surface area contributed by atoms with Crippen LogP contribution in [0.4, 0.5) is 0 Å². The molecule has 75 heavy (non-hydrogen) atoms. The Hall–Kier alpha value is -2.89. The first kappa shape index (κ1) is 72.1. The van der Waals surface area contributed by atoms with Gasteiger partial charge in [-0.3, -0.25) is 14.4 Å². The van der Waals surface area contributed by atoms with Crippen molar-refractivity contribution in [1.82, 2.24) is 0 Å². The molecule has 0 saturated heterocycles. The van der Waals surface area contributed by atoms with E-state index in [1.54, 1.807) is 0 Å². The minimum Gasteiger partial charge on any atom is -0.462 e. The molecule has 0 rings (SSSR count). The summed E-state index contributed by atoms with van der Waals surface area (Å²) < 4.78 is 16.9. The highest BCUT2D eigenvalue weighted by molar-refractivity contribution is 5.71. The fourth-order valence-electron chi connectivity index (χ4n) is 9.49. The quantitative estimate of drug-likeness (QED) is 0.0261. The van der Waals surface area contributed by atoms with Crippen molar-refractivity contribution in [3.05, 3.63) is 60.8 Å². The van der Waals surface area contributed by atoms with E-state index in [1.807, 2.05) is 0 Å². The van der Waals surface area contributed by atoms with Crippen LogP contribution in [0.2, 0.25) is 0 Å². The van der Waals surface area contributed by atoms with Crippen molar-refractivity contribution in [2.75, 3.05) is 13.2 Å². The van der Waals surface area contributed by atoms with Crippen LogP contribution in [-0.4, -0.2) is 37.2 Å². The topological polar surface area (TPSA) is 78.9 Å². The van der Waals surface area contributed by atoms with Crippen molar-refractivity contribution < 1.29 is 28.6 Å². The molecule has 0 amide bonds. The fraction of sp³-hybridized carbons (Fsp3) is 0.812. The molecule has 0 aliphatic carbocycles. The normalized spacial score (nSPS) is 12.4. The Bertz CT molecular complexity index is 1340. The summed E-state index contributed by atoms with van der Waals surface area (Å²) in [6.07, 6.45) is 80.8. The van der Waals surface area contributed by atoms with Crippen LogP contribution < -0.4 is 0 Å². The maximum Gasteiger partial charge on any atom is 0.306 e. The SMILES string of the molecule is CCCC/C=C\C/C=C\CCCCCCCC(=O)OCC(COC(=O)CCCCCCCCCCCCCCC/C=C\C/C=C\CCCCCCC)OC(=O)CCCCCCCCC/C=C\CCCCCCCCC. The first-order valence-electron chi connectivity index (χ1n) is 32.8. The summed E-state index contributed by atoms with van der Waals surface area (Å²) in [6, 6.07) is 0. The van der Waals surface area contributed by atoms with Gasteiger partial charge in [0.15, 0.2) is 6.10 Å². The van der Waals surface area contributed by atoms with Crippen molar-refractivity contribution in [1.29, 1.82) is 0 Å². The Labute approximate surface area is 466 Å². The molecule has 0 aromatic rings. The number of carbonyl (C=O) groups is 3. The van der Waals surface area contributed by atoms with Crippen molar-refractivity contribution in [3.8, 4) is 0 Å². The molecule has 1 atom stereocenters. The zero-order chi connectivity index (χ0) is 54.3. The molecule has 0 aromatic carbocycles. The summed E-state index contributed by atoms with van der Waals surface area (Å²) in [7, 11) is 0. The summed E-state index contributed by atoms with van der Waals surface area (Å²) >= 11 is 0. The zero-order valence-corrected chi connectivity index (χ0v) is 50.1. The molecular weight excluding hydrogens is 925 g/mol. The molecule has 0 aliphatic heterocycles. The van der Waals surface area contributed by atoms with Crippen LogP contribution in [0, 0.1) is 0 Å². The van der Waals surface area contributed by atoms with E-state index in [-0.39, 0.29) is 31.1 Å². The molecule has 0 N–H and O–H groups in total. The Morgan fingerprint density at radius 1 is 0.267 bits per heavy atom. The fourth-order valence-corrected chi connectivity index (χ4v) is 9.49. The highest BCUT2D eigenvalue weighted by Crippen LogP contribution is 2.17. The van der Waals surface area contributed by atoms with Gasteiger partial charge in [0, 0.05) is 19.3 Å². The van der Waals surface area contributed by atoms with Gasteiger partial charge in [-0.15, -0.1) is 0 Å². The number of rotatable bonds is 60. The van der Waals surface area contributed by atoms with Crippen molar-refractivity contribution in [2.45, 2.75) is 348 Å². The van der Waals surface area contributed by atoms with Gasteiger partial charge in [0.25, 0.3) is 0 Å². The van der Waals surface area contributed by atoms with Crippen LogP contribution in [0.3, 0.4) is 0 Å². The van der Waals surface area contributed by atoms with E-state index in [0.29, 0.717) is 19.3 Å². The number of unbranched alkanes of at least 4 members (excludes halogenated alkanes) is 39. The highest BCUT2D eigenvalue weighted by Gasteiger charge is 2.19. The van der Waals surface area contributed by atoms with Gasteiger partial charge in [-0.1, -0.05) is 281 Å². The number of esters is 3. The van der Waals surface area contributed by atoms with E-state index < -0.39 is 6.10 Å². The molecule has 6 heteroatoms. The minimum absolute atomic E-state index is 0.0788. The lowest BCUT2D eigenvalue weighted by molar-refractivity contribution is -0.167. The average molecular weight is 1050 g/mol. The van der Waals surface area contributed by atoms with Crippen LogP contribution in [0.15, 0.2) is 60.8 Å². The summed E-state index contributed by atoms with van der Waals surface area (Å²) in [4.78, 5) is 38.3. The molecule has 0 fully saturated rings. The number of ether oxygens (including phenoxy) is 3. The van der Waals surface area contributed by atoms with Gasteiger partial charge >= 0.3 is 17.9 Å². The summed E-state index contributed by atoms with van der Waals surface area (Å²) in [5.41, 5.74) is 0. The van der Waals surface area contributed by atoms with Crippen LogP contribution in [-0.2, 0) is 28.6 Å². The third-order valence-electron chi connectivity index (χ3n) is 14.5. The predicted molar refractivity (Wildman–Crippen MR) is 325 cm³/mol. The molecule has 0 bridgehead atoms. The van der Waals surface area contributed by atoms with E-state index in [2.05, 4.69) is 81.5 Å². The second kappa shape index (κ2) is 63.6. The van der Waals surface area contributed by atoms with E-state index in [4.69, 9.17) is 14.2 Å². The van der Waals surface area contributed by atoms with Gasteiger partial charge in [-0.2, -0.15) is 0 Å². The second-order valence-electron chi connectivity index (χ2n) is 22.0. The lowest BCUT2D eigenvalue weighted by Crippen LogP contribution is -2.30. The molecule has 0 radical (unpaired) electrons. The maximum atomic E-state index is 12.9. The molecule has 0 saturated carbocycles. The largest absolute Gasteiger partial charge is 0.462 e. The molecule has 436 valence electrons. The lowest BCUT2D eigenvalue weighted by atomic mass is 10.0. The predicted octanol–water partition coefficient (Wildman–Crippen LogP) is 22.3. The van der Waals surface area contributed by atoms with E-state index in [0.717, 1.165) is 83.5 Å². The lowest BCUT2D eigenvalue weighted by Gasteiger charge is -2.18. The van der Waals surface area contributed by atoms with Gasteiger partial charge in [0.05, 0.1) is 0 Å². The van der Waals surface area contributed by atoms with Crippen LogP contribution in [0.25, 0.3) is 0 Å². The molecule has 0 aliphatic rings. The van der Waals surface area contributed by atoms with Crippen LogP contribution in [0.1, 0.15) is 342 Å². The third kappa shape index (κ3) is 61.8. The Balaban J connectivity index is 4.30. The maximum absolute atomic E-state index is 12.9.